The number of fused-ring (bicyclic) bond motifs is 1. The summed E-state index contributed by atoms with van der Waals surface area (Å²) >= 11 is 0. The van der Waals surface area contributed by atoms with Gasteiger partial charge in [-0.2, -0.15) is 0 Å². The van der Waals surface area contributed by atoms with Gasteiger partial charge in [-0.25, -0.2) is 0 Å². The number of nitrogens with one attached hydrogen (secondary N) is 1. The lowest BCUT2D eigenvalue weighted by Gasteiger charge is -2.24. The number of hydrogen-bond donors (Lipinski definition) is 1. The van der Waals surface area contributed by atoms with Crippen molar-refractivity contribution in [1.29, 1.82) is 0 Å². The van der Waals surface area contributed by atoms with Gasteiger partial charge in [0.25, 0.3) is 0 Å². The predicted octanol–water partition coefficient (Wildman–Crippen LogP) is 3.27. The van der Waals surface area contributed by atoms with Crippen molar-refractivity contribution in [3.05, 3.63) is 65.7 Å². The molecule has 0 fully saturated rings. The zero-order valence-corrected chi connectivity index (χ0v) is 11.9. The fourth-order valence-electron chi connectivity index (χ4n) is 2.74. The van der Waals surface area contributed by atoms with Crippen LogP contribution in [-0.4, -0.2) is 12.7 Å². The molecule has 0 aromatic heterocycles. The topological polar surface area (TPSA) is 24.4 Å². The summed E-state index contributed by atoms with van der Waals surface area (Å²) in [6.45, 7) is 8.06. The van der Waals surface area contributed by atoms with E-state index in [1.165, 1.54) is 11.0 Å². The second kappa shape index (κ2) is 5.01. The van der Waals surface area contributed by atoms with Gasteiger partial charge in [0.1, 0.15) is 0 Å². The van der Waals surface area contributed by atoms with Gasteiger partial charge in [0.2, 0.25) is 0 Å². The van der Waals surface area contributed by atoms with E-state index in [1.807, 2.05) is 6.08 Å². The Hall–Kier alpha value is -2.29. The zero-order chi connectivity index (χ0) is 14.1. The Labute approximate surface area is 120 Å². The fraction of sp³-hybridized carbons (Fsp3) is 0.118. The maximum Gasteiger partial charge on any atom is 0.427 e. The molecule has 1 N–H and O–H groups in total. The lowest BCUT2D eigenvalue weighted by atomic mass is 9.65. The Morgan fingerprint density at radius 1 is 1.10 bits per heavy atom. The fourth-order valence-corrected chi connectivity index (χ4v) is 2.74. The average molecular weight is 260 g/mol. The van der Waals surface area contributed by atoms with E-state index in [2.05, 4.69) is 68.1 Å². The van der Waals surface area contributed by atoms with Crippen LogP contribution in [0.5, 0.6) is 0 Å². The average Bonchev–Trinajstić information content (AvgIpc) is 2.46. The minimum atomic E-state index is -0.0104. The van der Waals surface area contributed by atoms with E-state index in [1.54, 1.807) is 0 Å². The molecule has 0 spiro atoms. The molecule has 1 aliphatic rings. The van der Waals surface area contributed by atoms with Crippen molar-refractivity contribution in [2.75, 3.05) is 5.23 Å². The molecule has 0 saturated heterocycles. The van der Waals surface area contributed by atoms with Gasteiger partial charge in [0.05, 0.1) is 0 Å². The summed E-state index contributed by atoms with van der Waals surface area (Å²) in [5, 5.41) is 3.52. The summed E-state index contributed by atoms with van der Waals surface area (Å²) in [7, 11) is 0. The second-order valence-corrected chi connectivity index (χ2v) is 5.09. The molecule has 0 amide bonds. The Balaban J connectivity index is 2.09. The van der Waals surface area contributed by atoms with Crippen LogP contribution in [-0.2, 0) is 0 Å². The molecule has 1 aliphatic heterocycles. The van der Waals surface area contributed by atoms with Gasteiger partial charge >= 0.3 is 6.98 Å². The standard InChI is InChI=1S/C17H17BN2/c1-4-14-9-7-11-16-17(14)13(3)19-18(20-16)15-10-6-5-8-12(15)2/h4-11,20H,1H2,2-3H3. The number of hydrogen-bond acceptors (Lipinski definition) is 2. The summed E-state index contributed by atoms with van der Waals surface area (Å²) in [6, 6.07) is 14.6. The summed E-state index contributed by atoms with van der Waals surface area (Å²) in [6.07, 6.45) is 1.88. The van der Waals surface area contributed by atoms with E-state index in [0.717, 1.165) is 22.5 Å². The predicted molar refractivity (Wildman–Crippen MR) is 88.9 cm³/mol. The van der Waals surface area contributed by atoms with E-state index in [0.29, 0.717) is 0 Å². The Morgan fingerprint density at radius 3 is 2.65 bits per heavy atom. The SMILES string of the molecule is C=Cc1cccc2c1C(C)=NB(c1ccccc1C)N2. The van der Waals surface area contributed by atoms with Crippen molar-refractivity contribution in [2.24, 2.45) is 4.90 Å². The molecular weight excluding hydrogens is 243 g/mol. The Morgan fingerprint density at radius 2 is 1.90 bits per heavy atom. The van der Waals surface area contributed by atoms with Gasteiger partial charge in [0, 0.05) is 17.0 Å². The molecule has 0 unspecified atom stereocenters. The monoisotopic (exact) mass is 260 g/mol. The molecule has 0 radical (unpaired) electrons. The van der Waals surface area contributed by atoms with Crippen LogP contribution in [0, 0.1) is 6.92 Å². The molecule has 20 heavy (non-hydrogen) atoms. The van der Waals surface area contributed by atoms with Crippen molar-refractivity contribution < 1.29 is 0 Å². The highest BCUT2D eigenvalue weighted by atomic mass is 14.9. The summed E-state index contributed by atoms with van der Waals surface area (Å²) in [5.74, 6) is 0. The number of anilines is 1. The zero-order valence-electron chi connectivity index (χ0n) is 11.9. The van der Waals surface area contributed by atoms with Crippen LogP contribution < -0.4 is 10.7 Å². The summed E-state index contributed by atoms with van der Waals surface area (Å²) in [4.78, 5) is 4.82. The first-order valence-electron chi connectivity index (χ1n) is 6.83. The molecule has 0 aliphatic carbocycles. The molecule has 3 heteroatoms. The molecular formula is C17H17BN2. The van der Waals surface area contributed by atoms with Crippen molar-refractivity contribution in [2.45, 2.75) is 13.8 Å². The van der Waals surface area contributed by atoms with Gasteiger partial charge in [-0.1, -0.05) is 54.6 Å². The number of aryl methyl sites for hydroxylation is 1. The molecule has 2 aromatic rings. The molecule has 0 bridgehead atoms. The van der Waals surface area contributed by atoms with Crippen LogP contribution in [0.3, 0.4) is 0 Å². The largest absolute Gasteiger partial charge is 0.427 e. The summed E-state index contributed by atoms with van der Waals surface area (Å²) < 4.78 is 0. The summed E-state index contributed by atoms with van der Waals surface area (Å²) in [5.41, 5.74) is 6.95. The van der Waals surface area contributed by atoms with Crippen molar-refractivity contribution in [3.63, 3.8) is 0 Å². The minimum Gasteiger partial charge on any atom is -0.404 e. The van der Waals surface area contributed by atoms with Crippen molar-refractivity contribution in [1.82, 2.24) is 0 Å². The molecule has 0 atom stereocenters. The van der Waals surface area contributed by atoms with Crippen molar-refractivity contribution >= 4 is 29.9 Å². The van der Waals surface area contributed by atoms with E-state index >= 15 is 0 Å². The highest BCUT2D eigenvalue weighted by Crippen LogP contribution is 2.25. The Bertz CT molecular complexity index is 704. The van der Waals surface area contributed by atoms with Gasteiger partial charge in [-0.3, -0.25) is 0 Å². The molecule has 0 saturated carbocycles. The van der Waals surface area contributed by atoms with Crippen LogP contribution in [0.4, 0.5) is 5.69 Å². The third-order valence-electron chi connectivity index (χ3n) is 3.78. The first-order valence-corrected chi connectivity index (χ1v) is 6.83. The second-order valence-electron chi connectivity index (χ2n) is 5.09. The van der Waals surface area contributed by atoms with Gasteiger partial charge < -0.3 is 10.1 Å². The lowest BCUT2D eigenvalue weighted by molar-refractivity contribution is 1.45. The third-order valence-corrected chi connectivity index (χ3v) is 3.78. The van der Waals surface area contributed by atoms with Crippen LogP contribution >= 0.6 is 0 Å². The van der Waals surface area contributed by atoms with Gasteiger partial charge in [0.15, 0.2) is 0 Å². The molecule has 2 aromatic carbocycles. The van der Waals surface area contributed by atoms with E-state index < -0.39 is 0 Å². The normalized spacial score (nSPS) is 13.3. The van der Waals surface area contributed by atoms with E-state index in [4.69, 9.17) is 4.90 Å². The highest BCUT2D eigenvalue weighted by Gasteiger charge is 2.26. The lowest BCUT2D eigenvalue weighted by Crippen LogP contribution is -2.42. The number of benzene rings is 2. The maximum atomic E-state index is 4.82. The third kappa shape index (κ3) is 2.05. The van der Waals surface area contributed by atoms with E-state index in [9.17, 15) is 0 Å². The Kier molecular flexibility index (Phi) is 3.19. The number of nitrogens with zero attached hydrogens (tertiary/aromatic N) is 1. The van der Waals surface area contributed by atoms with Crippen LogP contribution in [0.1, 0.15) is 23.6 Å². The smallest absolute Gasteiger partial charge is 0.404 e. The number of rotatable bonds is 2. The van der Waals surface area contributed by atoms with Crippen LogP contribution in [0.15, 0.2) is 53.9 Å². The van der Waals surface area contributed by atoms with Crippen LogP contribution in [0.25, 0.3) is 6.08 Å². The molecule has 98 valence electrons. The first kappa shape index (κ1) is 12.7. The van der Waals surface area contributed by atoms with Gasteiger partial charge in [-0.15, -0.1) is 0 Å². The highest BCUT2D eigenvalue weighted by molar-refractivity contribution is 6.77. The van der Waals surface area contributed by atoms with Crippen LogP contribution in [0.2, 0.25) is 0 Å². The molecule has 3 rings (SSSR count). The maximum absolute atomic E-state index is 4.82. The minimum absolute atomic E-state index is 0.0104. The van der Waals surface area contributed by atoms with E-state index in [-0.39, 0.29) is 6.98 Å². The quantitative estimate of drug-likeness (QED) is 0.823. The van der Waals surface area contributed by atoms with Crippen molar-refractivity contribution in [3.8, 4) is 0 Å². The first-order chi connectivity index (χ1) is 9.70. The molecule has 2 nitrogen and oxygen atoms in total. The van der Waals surface area contributed by atoms with Gasteiger partial charge in [-0.05, 0) is 30.9 Å². The molecule has 1 heterocycles.